The fourth-order valence-corrected chi connectivity index (χ4v) is 4.76. The number of nitrogens with zero attached hydrogens (tertiary/aromatic N) is 6. The summed E-state index contributed by atoms with van der Waals surface area (Å²) in [6, 6.07) is 16.0. The molecule has 2 amide bonds. The lowest BCUT2D eigenvalue weighted by Gasteiger charge is -2.28. The van der Waals surface area contributed by atoms with Crippen LogP contribution in [0.25, 0.3) is 0 Å². The van der Waals surface area contributed by atoms with Crippen molar-refractivity contribution in [1.82, 2.24) is 24.6 Å². The summed E-state index contributed by atoms with van der Waals surface area (Å²) in [5.41, 5.74) is 2.94. The van der Waals surface area contributed by atoms with Crippen molar-refractivity contribution in [2.24, 2.45) is 0 Å². The van der Waals surface area contributed by atoms with Gasteiger partial charge in [-0.3, -0.25) is 19.2 Å². The minimum Gasteiger partial charge on any atom is -0.337 e. The van der Waals surface area contributed by atoms with Gasteiger partial charge in [-0.05, 0) is 36.1 Å². The van der Waals surface area contributed by atoms with E-state index in [4.69, 9.17) is 11.6 Å². The molecule has 2 heterocycles. The Kier molecular flexibility index (Phi) is 9.08. The van der Waals surface area contributed by atoms with E-state index in [1.165, 1.54) is 11.9 Å². The topological polar surface area (TPSA) is 74.6 Å². The summed E-state index contributed by atoms with van der Waals surface area (Å²) in [4.78, 5) is 36.1. The van der Waals surface area contributed by atoms with Crippen LogP contribution in [0.1, 0.15) is 37.3 Å². The molecule has 0 atom stereocenters. The Morgan fingerprint density at radius 3 is 2.61 bits per heavy atom. The highest BCUT2D eigenvalue weighted by atomic mass is 35.5. The minimum absolute atomic E-state index is 0.0296. The molecule has 4 rings (SSSR count). The van der Waals surface area contributed by atoms with Crippen LogP contribution in [0.4, 0.5) is 5.69 Å². The number of aryl methyl sites for hydroxylation is 1. The van der Waals surface area contributed by atoms with Crippen LogP contribution in [0.15, 0.2) is 61.2 Å². The van der Waals surface area contributed by atoms with Gasteiger partial charge in [0.2, 0.25) is 11.8 Å². The maximum Gasteiger partial charge on any atom is 0.223 e. The molecule has 2 aromatic carbocycles. The van der Waals surface area contributed by atoms with E-state index in [-0.39, 0.29) is 11.8 Å². The Morgan fingerprint density at radius 2 is 1.86 bits per heavy atom. The van der Waals surface area contributed by atoms with Crippen molar-refractivity contribution in [2.75, 3.05) is 31.1 Å². The lowest BCUT2D eigenvalue weighted by atomic mass is 10.1. The molecule has 8 nitrogen and oxygen atoms in total. The highest BCUT2D eigenvalue weighted by molar-refractivity contribution is 6.31. The summed E-state index contributed by atoms with van der Waals surface area (Å²) < 4.78 is 1.74. The zero-order valence-corrected chi connectivity index (χ0v) is 21.5. The quantitative estimate of drug-likeness (QED) is 0.503. The molecule has 0 fully saturated rings. The van der Waals surface area contributed by atoms with Gasteiger partial charge in [0.25, 0.3) is 0 Å². The monoisotopic (exact) mass is 508 g/mol. The van der Waals surface area contributed by atoms with Crippen molar-refractivity contribution in [3.8, 4) is 0 Å². The Balaban J connectivity index is 1.56. The van der Waals surface area contributed by atoms with Crippen LogP contribution in [0.3, 0.4) is 0 Å². The van der Waals surface area contributed by atoms with Gasteiger partial charge in [-0.2, -0.15) is 5.10 Å². The fraction of sp³-hybridized carbons (Fsp3) is 0.407. The third kappa shape index (κ3) is 7.15. The standard InChI is InChI=1S/C27H33ClN6O2/c1-22(35)34-14-6-12-31(18-23-7-3-2-4-8-23)15-16-32(19-24-10-11-25(28)17-26(24)34)27(36)9-5-13-33-21-29-20-30-33/h2-4,7-8,10-11,17,20-21H,5-6,9,12-16,18-19H2,1H3. The molecule has 190 valence electrons. The number of halogens is 1. The number of hydrogen-bond donors (Lipinski definition) is 0. The number of hydrogen-bond acceptors (Lipinski definition) is 5. The predicted octanol–water partition coefficient (Wildman–Crippen LogP) is 4.00. The first-order valence-corrected chi connectivity index (χ1v) is 12.8. The number of carbonyl (C=O) groups excluding carboxylic acids is 2. The normalized spacial score (nSPS) is 15.3. The van der Waals surface area contributed by atoms with Crippen LogP contribution in [-0.4, -0.2) is 62.6 Å². The maximum atomic E-state index is 13.4. The molecule has 0 saturated carbocycles. The van der Waals surface area contributed by atoms with E-state index in [0.717, 1.165) is 37.3 Å². The van der Waals surface area contributed by atoms with Gasteiger partial charge in [-0.15, -0.1) is 0 Å². The number of amides is 2. The average Bonchev–Trinajstić information content (AvgIpc) is 3.37. The second kappa shape index (κ2) is 12.6. The molecule has 0 radical (unpaired) electrons. The third-order valence-electron chi connectivity index (χ3n) is 6.47. The second-order valence-corrected chi connectivity index (χ2v) is 9.57. The van der Waals surface area contributed by atoms with Gasteiger partial charge in [0, 0.05) is 64.2 Å². The molecule has 0 saturated heterocycles. The fourth-order valence-electron chi connectivity index (χ4n) is 4.59. The first kappa shape index (κ1) is 25.9. The van der Waals surface area contributed by atoms with E-state index in [0.29, 0.717) is 44.0 Å². The van der Waals surface area contributed by atoms with E-state index < -0.39 is 0 Å². The highest BCUT2D eigenvalue weighted by Crippen LogP contribution is 2.28. The summed E-state index contributed by atoms with van der Waals surface area (Å²) >= 11 is 6.34. The number of rotatable bonds is 6. The first-order valence-electron chi connectivity index (χ1n) is 12.4. The van der Waals surface area contributed by atoms with Gasteiger partial charge in [-0.1, -0.05) is 48.0 Å². The van der Waals surface area contributed by atoms with Gasteiger partial charge in [0.1, 0.15) is 12.7 Å². The molecule has 0 aliphatic carbocycles. The van der Waals surface area contributed by atoms with Crippen LogP contribution in [0, 0.1) is 0 Å². The van der Waals surface area contributed by atoms with Gasteiger partial charge in [0.05, 0.1) is 5.69 Å². The molecule has 0 unspecified atom stereocenters. The molecule has 0 bridgehead atoms. The van der Waals surface area contributed by atoms with Gasteiger partial charge >= 0.3 is 0 Å². The van der Waals surface area contributed by atoms with Crippen molar-refractivity contribution >= 4 is 29.1 Å². The Morgan fingerprint density at radius 1 is 1.03 bits per heavy atom. The van der Waals surface area contributed by atoms with E-state index in [1.807, 2.05) is 41.3 Å². The maximum absolute atomic E-state index is 13.4. The van der Waals surface area contributed by atoms with Crippen LogP contribution >= 0.6 is 11.6 Å². The SMILES string of the molecule is CC(=O)N1CCCN(Cc2ccccc2)CCN(C(=O)CCCn2cncn2)Cc2ccc(Cl)cc21. The summed E-state index contributed by atoms with van der Waals surface area (Å²) in [7, 11) is 0. The van der Waals surface area contributed by atoms with Gasteiger partial charge < -0.3 is 9.80 Å². The third-order valence-corrected chi connectivity index (χ3v) is 6.70. The second-order valence-electron chi connectivity index (χ2n) is 9.14. The number of benzene rings is 2. The average molecular weight is 509 g/mol. The first-order chi connectivity index (χ1) is 17.5. The lowest BCUT2D eigenvalue weighted by Crippen LogP contribution is -2.38. The molecule has 0 spiro atoms. The zero-order valence-electron chi connectivity index (χ0n) is 20.7. The van der Waals surface area contributed by atoms with E-state index in [1.54, 1.807) is 22.8 Å². The zero-order chi connectivity index (χ0) is 25.3. The molecule has 9 heteroatoms. The van der Waals surface area contributed by atoms with Crippen molar-refractivity contribution in [2.45, 2.75) is 45.8 Å². The minimum atomic E-state index is -0.0296. The van der Waals surface area contributed by atoms with Gasteiger partial charge in [0.15, 0.2) is 0 Å². The van der Waals surface area contributed by atoms with Crippen LogP contribution in [0.5, 0.6) is 0 Å². The van der Waals surface area contributed by atoms with Crippen molar-refractivity contribution < 1.29 is 9.59 Å². The summed E-state index contributed by atoms with van der Waals surface area (Å²) in [5.74, 6) is 0.0578. The summed E-state index contributed by atoms with van der Waals surface area (Å²) in [6.45, 7) is 6.24. The number of carbonyl (C=O) groups is 2. The summed E-state index contributed by atoms with van der Waals surface area (Å²) in [6.07, 6.45) is 5.08. The number of fused-ring (bicyclic) bond motifs is 1. The largest absolute Gasteiger partial charge is 0.337 e. The predicted molar refractivity (Wildman–Crippen MR) is 140 cm³/mol. The smallest absolute Gasteiger partial charge is 0.223 e. The number of aromatic nitrogens is 3. The van der Waals surface area contributed by atoms with E-state index in [9.17, 15) is 9.59 Å². The Hall–Kier alpha value is -3.23. The van der Waals surface area contributed by atoms with E-state index in [2.05, 4.69) is 27.1 Å². The summed E-state index contributed by atoms with van der Waals surface area (Å²) in [5, 5.41) is 4.70. The Bertz CT molecular complexity index is 1140. The van der Waals surface area contributed by atoms with Crippen molar-refractivity contribution in [1.29, 1.82) is 0 Å². The van der Waals surface area contributed by atoms with Crippen LogP contribution < -0.4 is 4.90 Å². The Labute approximate surface area is 217 Å². The molecular weight excluding hydrogens is 476 g/mol. The highest BCUT2D eigenvalue weighted by Gasteiger charge is 2.22. The molecule has 1 aromatic heterocycles. The molecule has 1 aliphatic rings. The molecular formula is C27H33ClN6O2. The van der Waals surface area contributed by atoms with Gasteiger partial charge in [-0.25, -0.2) is 4.98 Å². The van der Waals surface area contributed by atoms with Crippen LogP contribution in [0.2, 0.25) is 5.02 Å². The van der Waals surface area contributed by atoms with Crippen molar-refractivity contribution in [3.05, 3.63) is 77.3 Å². The van der Waals surface area contributed by atoms with Crippen LogP contribution in [-0.2, 0) is 29.2 Å². The van der Waals surface area contributed by atoms with E-state index >= 15 is 0 Å². The van der Waals surface area contributed by atoms with Crippen molar-refractivity contribution in [3.63, 3.8) is 0 Å². The molecule has 36 heavy (non-hydrogen) atoms. The molecule has 1 aliphatic heterocycles. The number of anilines is 1. The molecule has 3 aromatic rings. The molecule has 0 N–H and O–H groups in total. The lowest BCUT2D eigenvalue weighted by molar-refractivity contribution is -0.132.